The second-order valence-electron chi connectivity index (χ2n) is 22.4. The number of nitrogens with one attached hydrogen (secondary N) is 1. The minimum absolute atomic E-state index is 0.0269. The Bertz CT molecular complexity index is 2020. The molecule has 12 heteroatoms. The first-order chi connectivity index (χ1) is 32.9. The molecule has 0 saturated heterocycles. The fraction of sp³-hybridized carbons (Fsp3) is 0.702. The number of fused-ring (bicyclic) bond motifs is 2. The summed E-state index contributed by atoms with van der Waals surface area (Å²) in [7, 11) is 3.97. The summed E-state index contributed by atoms with van der Waals surface area (Å²) < 4.78 is 36.2. The first kappa shape index (κ1) is 56.7. The maximum Gasteiger partial charge on any atom is 0.153 e. The van der Waals surface area contributed by atoms with E-state index in [1.54, 1.807) is 13.2 Å². The lowest BCUT2D eigenvalue weighted by atomic mass is 9.49. The van der Waals surface area contributed by atoms with Crippen molar-refractivity contribution in [3.05, 3.63) is 83.5 Å². The van der Waals surface area contributed by atoms with Crippen LogP contribution in [0.4, 0.5) is 8.78 Å². The van der Waals surface area contributed by atoms with E-state index in [0.717, 1.165) is 77.1 Å². The van der Waals surface area contributed by atoms with Gasteiger partial charge in [-0.05, 0) is 190 Å². The van der Waals surface area contributed by atoms with Crippen molar-refractivity contribution < 1.29 is 48.6 Å². The van der Waals surface area contributed by atoms with Gasteiger partial charge in [0.05, 0.1) is 32.0 Å². The van der Waals surface area contributed by atoms with E-state index < -0.39 is 5.82 Å². The van der Waals surface area contributed by atoms with Crippen LogP contribution in [0.5, 0.6) is 11.5 Å². The molecule has 0 radical (unpaired) electrons. The molecule has 6 aliphatic carbocycles. The normalized spacial score (nSPS) is 37.1. The van der Waals surface area contributed by atoms with Crippen LogP contribution in [0.25, 0.3) is 0 Å². The fourth-order valence-electron chi connectivity index (χ4n) is 15.0. The van der Waals surface area contributed by atoms with Crippen molar-refractivity contribution in [3.63, 3.8) is 0 Å². The van der Waals surface area contributed by atoms with Crippen LogP contribution in [0.3, 0.4) is 0 Å². The minimum atomic E-state index is -0.410. The van der Waals surface area contributed by atoms with Gasteiger partial charge in [0.1, 0.15) is 23.1 Å². The summed E-state index contributed by atoms with van der Waals surface area (Å²) in [6.45, 7) is 21.0. The molecule has 69 heavy (non-hydrogen) atoms. The molecule has 6 aliphatic rings. The predicted octanol–water partition coefficient (Wildman–Crippen LogP) is 9.44. The number of hydrogen-bond acceptors (Lipinski definition) is 10. The third kappa shape index (κ3) is 11.8. The number of benzene rings is 2. The second-order valence-corrected chi connectivity index (χ2v) is 22.4. The zero-order valence-electron chi connectivity index (χ0n) is 43.0. The third-order valence-electron chi connectivity index (χ3n) is 19.5. The number of halogens is 2. The van der Waals surface area contributed by atoms with E-state index in [1.165, 1.54) is 80.7 Å². The average molecular weight is 967 g/mol. The number of rotatable bonds is 12. The maximum atomic E-state index is 13.6. The van der Waals surface area contributed by atoms with Crippen LogP contribution in [0.1, 0.15) is 134 Å². The zero-order chi connectivity index (χ0) is 50.9. The molecule has 0 amide bonds. The van der Waals surface area contributed by atoms with Gasteiger partial charge in [0.2, 0.25) is 0 Å². The number of aliphatic hydroxyl groups is 5. The van der Waals surface area contributed by atoms with E-state index in [1.807, 2.05) is 0 Å². The van der Waals surface area contributed by atoms with E-state index in [0.29, 0.717) is 66.1 Å². The highest BCUT2D eigenvalue weighted by Crippen LogP contribution is 2.65. The van der Waals surface area contributed by atoms with Crippen LogP contribution in [0.15, 0.2) is 60.7 Å². The van der Waals surface area contributed by atoms with Gasteiger partial charge < -0.3 is 46.1 Å². The van der Waals surface area contributed by atoms with Gasteiger partial charge in [0, 0.05) is 44.6 Å². The van der Waals surface area contributed by atoms with Gasteiger partial charge in [-0.15, -0.1) is 0 Å². The Morgan fingerprint density at radius 2 is 1.16 bits per heavy atom. The van der Waals surface area contributed by atoms with Crippen LogP contribution in [0, 0.1) is 80.6 Å². The molecular weight excluding hydrogens is 879 g/mol. The molecule has 6 saturated carbocycles. The van der Waals surface area contributed by atoms with Crippen LogP contribution in [-0.2, 0) is 6.54 Å². The van der Waals surface area contributed by atoms with Gasteiger partial charge >= 0.3 is 0 Å². The van der Waals surface area contributed by atoms with E-state index in [-0.39, 0.29) is 70.5 Å². The molecule has 2 aromatic rings. The molecule has 10 nitrogen and oxygen atoms in total. The molecule has 0 aliphatic heterocycles. The van der Waals surface area contributed by atoms with Gasteiger partial charge in [-0.25, -0.2) is 8.78 Å². The number of carbonyl (C=O) groups is 1. The van der Waals surface area contributed by atoms with Crippen molar-refractivity contribution in [1.82, 2.24) is 5.32 Å². The van der Waals surface area contributed by atoms with E-state index >= 15 is 0 Å². The number of aliphatic hydroxyl groups excluding tert-OH is 5. The molecule has 2 aromatic carbocycles. The van der Waals surface area contributed by atoms with Crippen molar-refractivity contribution in [3.8, 4) is 11.5 Å². The van der Waals surface area contributed by atoms with Crippen molar-refractivity contribution in [2.24, 2.45) is 74.7 Å². The Labute approximate surface area is 412 Å². The molecule has 0 spiro atoms. The van der Waals surface area contributed by atoms with Crippen LogP contribution >= 0.6 is 0 Å². The smallest absolute Gasteiger partial charge is 0.153 e. The van der Waals surface area contributed by atoms with Crippen LogP contribution in [-0.4, -0.2) is 91.7 Å². The van der Waals surface area contributed by atoms with E-state index in [9.17, 15) is 34.0 Å². The number of ether oxygens (including phenoxy) is 2. The SMILES string of the molecule is C=C1CC[C@H]2[C@H](CN)[C@@H]([C@@]3(C)CC[C@H](O)C[C@@H]3CO)CC[C@]12C.C=C1CC[C@H]2[C@H](CNCc3ccc(F)cc3OC)[C@@H]([C@@]3(C)CC[C@H](O)C[C@@H]3CO)CC[C@]12C.CO.COc1cc(F)ccc1C=O. The van der Waals surface area contributed by atoms with E-state index in [2.05, 4.69) is 46.2 Å². The second kappa shape index (κ2) is 24.5. The Balaban J connectivity index is 0.000000213. The van der Waals surface area contributed by atoms with Gasteiger partial charge in [0.15, 0.2) is 6.29 Å². The Morgan fingerprint density at radius 1 is 0.696 bits per heavy atom. The predicted molar refractivity (Wildman–Crippen MR) is 270 cm³/mol. The van der Waals surface area contributed by atoms with Gasteiger partial charge in [-0.3, -0.25) is 4.79 Å². The highest BCUT2D eigenvalue weighted by atomic mass is 19.1. The molecule has 0 aromatic heterocycles. The number of allylic oxidation sites excluding steroid dienone is 2. The average Bonchev–Trinajstić information content (AvgIpc) is 3.83. The van der Waals surface area contributed by atoms with Gasteiger partial charge in [0.25, 0.3) is 0 Å². The number of hydrogen-bond donors (Lipinski definition) is 7. The summed E-state index contributed by atoms with van der Waals surface area (Å²) in [6.07, 6.45) is 14.6. The molecule has 0 bridgehead atoms. The fourth-order valence-corrected chi connectivity index (χ4v) is 15.0. The summed E-state index contributed by atoms with van der Waals surface area (Å²) >= 11 is 0. The number of methoxy groups -OCH3 is 2. The molecule has 0 unspecified atom stereocenters. The van der Waals surface area contributed by atoms with Gasteiger partial charge in [-0.1, -0.05) is 58.1 Å². The quantitative estimate of drug-likeness (QED) is 0.0802. The first-order valence-electron chi connectivity index (χ1n) is 25.8. The topological polar surface area (TPSA) is 175 Å². The van der Waals surface area contributed by atoms with Crippen molar-refractivity contribution in [1.29, 1.82) is 0 Å². The number of nitrogens with two attached hydrogens (primary N) is 1. The highest BCUT2D eigenvalue weighted by molar-refractivity contribution is 5.79. The first-order valence-corrected chi connectivity index (χ1v) is 25.8. The van der Waals surface area contributed by atoms with Crippen LogP contribution in [0.2, 0.25) is 0 Å². The lowest BCUT2D eigenvalue weighted by molar-refractivity contribution is -0.0933. The lowest BCUT2D eigenvalue weighted by Crippen LogP contribution is -2.53. The Hall–Kier alpha value is -3.23. The number of aldehydes is 1. The maximum absolute atomic E-state index is 13.6. The molecule has 0 heterocycles. The van der Waals surface area contributed by atoms with Gasteiger partial charge in [-0.2, -0.15) is 0 Å². The molecule has 14 atom stereocenters. The van der Waals surface area contributed by atoms with E-state index in [4.69, 9.17) is 20.3 Å². The van der Waals surface area contributed by atoms with Crippen molar-refractivity contribution >= 4 is 6.29 Å². The largest absolute Gasteiger partial charge is 0.496 e. The van der Waals surface area contributed by atoms with Crippen LogP contribution < -0.4 is 20.5 Å². The Kier molecular flexibility index (Phi) is 20.1. The van der Waals surface area contributed by atoms with Crippen molar-refractivity contribution in [2.45, 2.75) is 136 Å². The zero-order valence-corrected chi connectivity index (χ0v) is 43.0. The summed E-state index contributed by atoms with van der Waals surface area (Å²) in [5, 5.41) is 51.3. The summed E-state index contributed by atoms with van der Waals surface area (Å²) in [5.41, 5.74) is 11.1. The minimum Gasteiger partial charge on any atom is -0.496 e. The number of carbonyl (C=O) groups excluding carboxylic acids is 1. The lowest BCUT2D eigenvalue weighted by Gasteiger charge is -2.56. The molecule has 6 fully saturated rings. The molecule has 8 rings (SSSR count). The highest BCUT2D eigenvalue weighted by Gasteiger charge is 2.58. The molecule has 8 N–H and O–H groups in total. The summed E-state index contributed by atoms with van der Waals surface area (Å²) in [4.78, 5) is 10.3. The summed E-state index contributed by atoms with van der Waals surface area (Å²) in [6, 6.07) is 8.49. The molecular formula is C57H88F2N2O8. The standard InChI is InChI=1S/C28H42FNO3.C20H35NO2.C8H7FO2.CH4O/c1-18-5-8-24-23(16-30-15-19-6-7-21(29)14-26(19)33-4)25(10-12-27(18,24)2)28(3)11-9-22(32)13-20(28)17-31;1-13-4-5-17-16(11-21)18(7-9-19(13,17)2)20(3)8-6-15(23)10-14(20)12-22;1-11-8-4-7(9)3-2-6(8)5-10;1-2/h6-7,14,20,22-25,30-32H,1,5,8-13,15-17H2,2-4H3;14-18,22-23H,1,4-12,21H2,2-3H3;2-5H,1H3;2H,1H3/t20-,22+,23+,24+,25+,27-,28+;14-,15+,16+,17+,18+,19-,20+;;/m11../s1. The summed E-state index contributed by atoms with van der Waals surface area (Å²) in [5.74, 6) is 3.80. The molecule has 388 valence electrons. The Morgan fingerprint density at radius 3 is 1.62 bits per heavy atom. The van der Waals surface area contributed by atoms with Crippen molar-refractivity contribution in [2.75, 3.05) is 47.6 Å². The monoisotopic (exact) mass is 967 g/mol. The third-order valence-corrected chi connectivity index (χ3v) is 19.5.